The number of rotatable bonds is 8. The Morgan fingerprint density at radius 3 is 1.33 bits per heavy atom. The molecule has 1 fully saturated rings. The van der Waals surface area contributed by atoms with Crippen molar-refractivity contribution in [2.75, 3.05) is 11.1 Å². The molecule has 32 heteroatoms. The van der Waals surface area contributed by atoms with Crippen LogP contribution in [0.1, 0.15) is 108 Å². The summed E-state index contributed by atoms with van der Waals surface area (Å²) in [5.74, 6) is -2.00. The zero-order chi connectivity index (χ0) is 68.3. The van der Waals surface area contributed by atoms with Crippen molar-refractivity contribution in [1.29, 1.82) is 0 Å². The van der Waals surface area contributed by atoms with E-state index in [1.54, 1.807) is 18.3 Å². The second-order valence-electron chi connectivity index (χ2n) is 20.4. The fourth-order valence-electron chi connectivity index (χ4n) is 8.74. The summed E-state index contributed by atoms with van der Waals surface area (Å²) in [5.41, 5.74) is 11.7. The van der Waals surface area contributed by atoms with Gasteiger partial charge >= 0.3 is 51.8 Å². The summed E-state index contributed by atoms with van der Waals surface area (Å²) in [4.78, 5) is 70.1. The first-order chi connectivity index (χ1) is 42.9. The Morgan fingerprint density at radius 2 is 0.902 bits per heavy atom. The maximum absolute atomic E-state index is 13.1. The predicted molar refractivity (Wildman–Crippen MR) is 330 cm³/mol. The third-order valence-electron chi connectivity index (χ3n) is 13.1. The van der Waals surface area contributed by atoms with Gasteiger partial charge in [0.25, 0.3) is 5.91 Å². The highest BCUT2D eigenvalue weighted by molar-refractivity contribution is 6.72. The van der Waals surface area contributed by atoms with Gasteiger partial charge in [-0.1, -0.05) is 37.6 Å². The Balaban J connectivity index is 0.000000198. The van der Waals surface area contributed by atoms with Crippen LogP contribution in [0.5, 0.6) is 0 Å². The van der Waals surface area contributed by atoms with Crippen molar-refractivity contribution in [3.05, 3.63) is 182 Å². The molecule has 1 aliphatic heterocycles. The van der Waals surface area contributed by atoms with Crippen molar-refractivity contribution in [3.8, 4) is 22.3 Å². The van der Waals surface area contributed by atoms with E-state index in [0.29, 0.717) is 35.7 Å². The number of carbonyl (C=O) groups excluding carboxylic acids is 1. The number of carboxylic acids is 2. The Labute approximate surface area is 527 Å². The van der Waals surface area contributed by atoms with Gasteiger partial charge in [-0.25, -0.2) is 54.4 Å². The molecule has 1 amide bonds. The molecule has 2 aromatic carbocycles. The first kappa shape index (κ1) is 71.9. The Hall–Kier alpha value is -9.19. The molecule has 19 nitrogen and oxygen atoms in total. The number of hydrogen-bond donors (Lipinski definition) is 4. The summed E-state index contributed by atoms with van der Waals surface area (Å²) >= 11 is 5.23. The van der Waals surface area contributed by atoms with Gasteiger partial charge in [0.2, 0.25) is 0 Å². The van der Waals surface area contributed by atoms with Gasteiger partial charge in [0.05, 0.1) is 11.1 Å². The SMILES string of the molecule is CB1OB(C)OB(C)O1.CCc1ncc2cc(-c3cc(N)ccc3C)c(C)nc2n1.CCc1ncc2cc(-c3cc(NC(=O)c4cc(C)nc(C(F)(F)F)c4)ccc3C)c(C)nc2n1.Cc1cc(C(=O)O)cc(C(F)(F)F)n1.O=C(O)c1cc(Cl)nc(C(F)(F)F)c1. The maximum atomic E-state index is 13.1. The van der Waals surface area contributed by atoms with Crippen molar-refractivity contribution >= 4 is 84.2 Å². The number of carboxylic acid groups (broad SMARTS) is 2. The number of anilines is 2. The summed E-state index contributed by atoms with van der Waals surface area (Å²) in [6.07, 6.45) is -8.85. The lowest BCUT2D eigenvalue weighted by Gasteiger charge is -2.25. The van der Waals surface area contributed by atoms with E-state index >= 15 is 0 Å². The number of benzene rings is 2. The van der Waals surface area contributed by atoms with E-state index < -0.39 is 69.7 Å². The molecule has 1 saturated heterocycles. The molecule has 480 valence electrons. The van der Waals surface area contributed by atoms with Crippen LogP contribution in [-0.2, 0) is 45.1 Å². The number of nitrogens with zero attached hydrogens (tertiary/aromatic N) is 9. The second-order valence-corrected chi connectivity index (χ2v) is 20.8. The van der Waals surface area contributed by atoms with E-state index in [0.717, 1.165) is 91.8 Å². The lowest BCUT2D eigenvalue weighted by molar-refractivity contribution is -0.142. The number of nitrogen functional groups attached to an aromatic ring is 1. The van der Waals surface area contributed by atoms with Crippen molar-refractivity contribution < 1.29 is 77.8 Å². The van der Waals surface area contributed by atoms with E-state index in [1.165, 1.54) is 25.5 Å². The van der Waals surface area contributed by atoms with Gasteiger partial charge in [-0.2, -0.15) is 39.5 Å². The third-order valence-corrected chi connectivity index (χ3v) is 13.3. The Kier molecular flexibility index (Phi) is 23.7. The van der Waals surface area contributed by atoms with E-state index in [9.17, 15) is 53.9 Å². The number of nitrogens with one attached hydrogen (secondary N) is 1. The molecule has 0 saturated carbocycles. The highest BCUT2D eigenvalue weighted by atomic mass is 35.5. The summed E-state index contributed by atoms with van der Waals surface area (Å²) in [5, 5.41) is 20.9. The molecule has 0 spiro atoms. The fraction of sp³-hybridized carbons (Fsp3) is 0.267. The zero-order valence-electron chi connectivity index (χ0n) is 51.1. The minimum atomic E-state index is -4.70. The molecule has 9 aromatic rings. The molecule has 92 heavy (non-hydrogen) atoms. The monoisotopic (exact) mass is 1300 g/mol. The van der Waals surface area contributed by atoms with Gasteiger partial charge in [-0.15, -0.1) is 0 Å². The van der Waals surface area contributed by atoms with E-state index in [-0.39, 0.29) is 38.3 Å². The Morgan fingerprint density at radius 1 is 0.511 bits per heavy atom. The molecule has 0 bridgehead atoms. The van der Waals surface area contributed by atoms with Gasteiger partial charge in [-0.05, 0) is 157 Å². The molecular weight excluding hydrogens is 1240 g/mol. The predicted octanol–water partition coefficient (Wildman–Crippen LogP) is 14.3. The van der Waals surface area contributed by atoms with Crippen molar-refractivity contribution in [2.24, 2.45) is 0 Å². The van der Waals surface area contributed by atoms with Gasteiger partial charge in [-0.3, -0.25) is 4.79 Å². The number of aryl methyl sites for hydroxylation is 8. The number of hydrogen-bond acceptors (Lipinski definition) is 16. The number of alkyl halides is 9. The molecule has 1 aliphatic rings. The van der Waals surface area contributed by atoms with Crippen molar-refractivity contribution in [3.63, 3.8) is 0 Å². The minimum absolute atomic E-state index is 0.0252. The van der Waals surface area contributed by atoms with Crippen LogP contribution >= 0.6 is 11.6 Å². The van der Waals surface area contributed by atoms with Crippen molar-refractivity contribution in [2.45, 2.75) is 107 Å². The molecule has 10 rings (SSSR count). The second kappa shape index (κ2) is 30.3. The molecule has 0 radical (unpaired) electrons. The lowest BCUT2D eigenvalue weighted by Crippen LogP contribution is -2.44. The van der Waals surface area contributed by atoms with Gasteiger partial charge in [0, 0.05) is 86.8 Å². The van der Waals surface area contributed by atoms with Crippen LogP contribution in [-0.4, -0.2) is 94.3 Å². The van der Waals surface area contributed by atoms with Crippen LogP contribution in [0, 0.1) is 41.5 Å². The number of amides is 1. The summed E-state index contributed by atoms with van der Waals surface area (Å²) in [7, 11) is -0.406. The molecule has 0 aliphatic carbocycles. The maximum Gasteiger partial charge on any atom is 0.433 e. The molecule has 0 atom stereocenters. The van der Waals surface area contributed by atoms with Crippen LogP contribution in [0.25, 0.3) is 44.3 Å². The number of aromatic nitrogens is 9. The van der Waals surface area contributed by atoms with Crippen LogP contribution in [0.15, 0.2) is 97.3 Å². The van der Waals surface area contributed by atoms with E-state index in [1.807, 2.05) is 91.6 Å². The first-order valence-electron chi connectivity index (χ1n) is 27.8. The van der Waals surface area contributed by atoms with E-state index in [4.69, 9.17) is 41.3 Å². The smallest absolute Gasteiger partial charge is 0.433 e. The number of pyridine rings is 5. The fourth-order valence-corrected chi connectivity index (χ4v) is 8.95. The standard InChI is InChI=1S/C25H22F3N5O.C17H18N4.C8H6F3NO2.C7H3ClF3NO2.C3H9B3O3/c1-5-22-29-12-17-9-20(15(4)31-23(17)33-22)19-11-18(7-6-13(19)2)32-24(34)16-8-14(3)30-21(10-16)25(26,27)28;1-4-16-19-9-12-7-15(11(3)20-17(12)21-16)14-8-13(18)6-5-10(14)2;1-4-2-5(7(13)14)3-6(12-4)8(9,10)11;8-5-2-3(6(13)14)1-4(12-5)7(9,10)11;1-4-7-5(2)9-6(3)8-4/h6-12H,5H2,1-4H3,(H,32,34);5-9H,4,18H2,1-3H3;2-3H,1H3,(H,13,14);1-2H,(H,13,14);1-3H3. The summed E-state index contributed by atoms with van der Waals surface area (Å²) in [6.45, 7) is 20.2. The molecule has 5 N–H and O–H groups in total. The average Bonchev–Trinajstić information content (AvgIpc) is 0.853. The zero-order valence-corrected chi connectivity index (χ0v) is 51.9. The van der Waals surface area contributed by atoms with Crippen LogP contribution in [0.4, 0.5) is 50.9 Å². The first-order valence-corrected chi connectivity index (χ1v) is 28.1. The quantitative estimate of drug-likeness (QED) is 0.0476. The van der Waals surface area contributed by atoms with E-state index in [2.05, 4.69) is 63.2 Å². The van der Waals surface area contributed by atoms with Gasteiger partial charge in [0.15, 0.2) is 11.3 Å². The van der Waals surface area contributed by atoms with Crippen LogP contribution in [0.2, 0.25) is 25.6 Å². The summed E-state index contributed by atoms with van der Waals surface area (Å²) < 4.78 is 127. The normalized spacial score (nSPS) is 12.3. The van der Waals surface area contributed by atoms with Gasteiger partial charge < -0.3 is 35.0 Å². The molecule has 0 unspecified atom stereocenters. The summed E-state index contributed by atoms with van der Waals surface area (Å²) in [6, 6.07) is 20.2. The largest absolute Gasteiger partial charge is 0.478 e. The van der Waals surface area contributed by atoms with Crippen molar-refractivity contribution in [1.82, 2.24) is 44.9 Å². The minimum Gasteiger partial charge on any atom is -0.478 e. The van der Waals surface area contributed by atoms with Crippen LogP contribution < -0.4 is 11.1 Å². The lowest BCUT2D eigenvalue weighted by atomic mass is 9.74. The molecule has 7 aromatic heterocycles. The Bertz CT molecular complexity index is 4100. The molecular formula is C60H58B3ClF9N11O8. The topological polar surface area (TPSA) is 273 Å². The number of carbonyl (C=O) groups is 3. The highest BCUT2D eigenvalue weighted by Gasteiger charge is 2.36. The number of fused-ring (bicyclic) bond motifs is 2. The van der Waals surface area contributed by atoms with Gasteiger partial charge in [0.1, 0.15) is 33.9 Å². The number of aromatic carboxylic acids is 2. The number of nitrogens with two attached hydrogens (primary N) is 1. The number of halogens is 10. The van der Waals surface area contributed by atoms with Crippen LogP contribution in [0.3, 0.4) is 0 Å². The highest BCUT2D eigenvalue weighted by Crippen LogP contribution is 2.35. The average molecular weight is 1300 g/mol. The third kappa shape index (κ3) is 19.9. The molecule has 8 heterocycles.